The number of methoxy groups -OCH3 is 2. The maximum atomic E-state index is 13.0. The molecule has 0 fully saturated rings. The number of hydrogen-bond donors (Lipinski definition) is 3. The molecule has 0 saturated heterocycles. The Morgan fingerprint density at radius 1 is 1.09 bits per heavy atom. The summed E-state index contributed by atoms with van der Waals surface area (Å²) in [5.74, 6) is 1.01. The van der Waals surface area contributed by atoms with Gasteiger partial charge in [-0.2, -0.15) is 0 Å². The van der Waals surface area contributed by atoms with Gasteiger partial charge < -0.3 is 24.8 Å². The Morgan fingerprint density at radius 2 is 1.88 bits per heavy atom. The fourth-order valence-corrected chi connectivity index (χ4v) is 4.26. The number of hydrogen-bond acceptors (Lipinski definition) is 5. The van der Waals surface area contributed by atoms with Gasteiger partial charge in [0.25, 0.3) is 5.56 Å². The van der Waals surface area contributed by atoms with E-state index in [2.05, 4.69) is 26.3 Å². The van der Waals surface area contributed by atoms with E-state index < -0.39 is 0 Å². The summed E-state index contributed by atoms with van der Waals surface area (Å²) in [5.41, 5.74) is 3.68. The molecule has 1 amide bonds. The molecule has 2 aromatic carbocycles. The number of aryl methyl sites for hydroxylation is 1. The van der Waals surface area contributed by atoms with Gasteiger partial charge in [-0.3, -0.25) is 14.2 Å². The molecule has 0 atom stereocenters. The minimum Gasteiger partial charge on any atom is -0.493 e. The van der Waals surface area contributed by atoms with E-state index in [-0.39, 0.29) is 24.4 Å². The summed E-state index contributed by atoms with van der Waals surface area (Å²) in [6, 6.07) is 11.7. The van der Waals surface area contributed by atoms with Crippen LogP contribution in [0.5, 0.6) is 11.5 Å². The second-order valence-corrected chi connectivity index (χ2v) is 8.05. The first kappa shape index (κ1) is 21.6. The summed E-state index contributed by atoms with van der Waals surface area (Å²) < 4.78 is 12.2. The van der Waals surface area contributed by atoms with Crippen LogP contribution in [0.3, 0.4) is 0 Å². The summed E-state index contributed by atoms with van der Waals surface area (Å²) >= 11 is 0. The van der Waals surface area contributed by atoms with E-state index in [9.17, 15) is 9.59 Å². The minimum absolute atomic E-state index is 0.113. The molecule has 0 unspecified atom stereocenters. The van der Waals surface area contributed by atoms with E-state index >= 15 is 0 Å². The van der Waals surface area contributed by atoms with Gasteiger partial charge in [-0.15, -0.1) is 0 Å². The van der Waals surface area contributed by atoms with E-state index in [1.54, 1.807) is 26.4 Å². The molecule has 5 aromatic rings. The zero-order valence-corrected chi connectivity index (χ0v) is 19.0. The topological polar surface area (TPSA) is 114 Å². The first-order valence-corrected chi connectivity index (χ1v) is 11.0. The second-order valence-electron chi connectivity index (χ2n) is 8.05. The van der Waals surface area contributed by atoms with Gasteiger partial charge in [0.1, 0.15) is 11.0 Å². The number of ether oxygens (including phenoxy) is 2. The number of fused-ring (bicyclic) bond motifs is 4. The second kappa shape index (κ2) is 8.93. The number of para-hydroxylation sites is 1. The zero-order valence-electron chi connectivity index (χ0n) is 19.0. The van der Waals surface area contributed by atoms with Crippen LogP contribution in [0.4, 0.5) is 0 Å². The van der Waals surface area contributed by atoms with Gasteiger partial charge in [0, 0.05) is 48.1 Å². The van der Waals surface area contributed by atoms with Crippen molar-refractivity contribution in [3.63, 3.8) is 0 Å². The highest BCUT2D eigenvalue weighted by Gasteiger charge is 2.15. The van der Waals surface area contributed by atoms with Gasteiger partial charge in [-0.1, -0.05) is 18.2 Å². The maximum Gasteiger partial charge on any atom is 0.277 e. The van der Waals surface area contributed by atoms with Crippen molar-refractivity contribution in [2.45, 2.75) is 19.4 Å². The molecule has 34 heavy (non-hydrogen) atoms. The third kappa shape index (κ3) is 3.85. The van der Waals surface area contributed by atoms with Crippen LogP contribution in [-0.4, -0.2) is 46.2 Å². The Bertz CT molecular complexity index is 1560. The smallest absolute Gasteiger partial charge is 0.277 e. The Hall–Kier alpha value is -4.27. The average Bonchev–Trinajstić information content (AvgIpc) is 3.44. The predicted molar refractivity (Wildman–Crippen MR) is 131 cm³/mol. The minimum atomic E-state index is -0.231. The summed E-state index contributed by atoms with van der Waals surface area (Å²) in [4.78, 5) is 36.2. The highest BCUT2D eigenvalue weighted by molar-refractivity contribution is 6.05. The summed E-state index contributed by atoms with van der Waals surface area (Å²) in [6.07, 6.45) is 4.37. The first-order valence-electron chi connectivity index (χ1n) is 11.0. The van der Waals surface area contributed by atoms with Crippen LogP contribution in [0.25, 0.3) is 32.8 Å². The van der Waals surface area contributed by atoms with Crippen molar-refractivity contribution in [3.05, 3.63) is 64.8 Å². The van der Waals surface area contributed by atoms with Crippen LogP contribution in [-0.2, 0) is 17.8 Å². The Labute approximate surface area is 194 Å². The van der Waals surface area contributed by atoms with Crippen molar-refractivity contribution in [2.75, 3.05) is 20.8 Å². The molecule has 0 saturated carbocycles. The average molecular weight is 460 g/mol. The highest BCUT2D eigenvalue weighted by Crippen LogP contribution is 2.34. The lowest BCUT2D eigenvalue weighted by molar-refractivity contribution is -0.121. The molecule has 0 radical (unpaired) electrons. The largest absolute Gasteiger partial charge is 0.493 e. The van der Waals surface area contributed by atoms with Gasteiger partial charge in [0.15, 0.2) is 11.5 Å². The number of carbonyl (C=O) groups is 1. The van der Waals surface area contributed by atoms with E-state index in [4.69, 9.17) is 9.47 Å². The normalized spacial score (nSPS) is 11.4. The van der Waals surface area contributed by atoms with Gasteiger partial charge in [0.05, 0.1) is 26.1 Å². The molecule has 0 aliphatic carbocycles. The molecule has 5 rings (SSSR count). The van der Waals surface area contributed by atoms with Crippen molar-refractivity contribution in [2.24, 2.45) is 0 Å². The maximum absolute atomic E-state index is 13.0. The molecular weight excluding hydrogens is 434 g/mol. The van der Waals surface area contributed by atoms with Crippen LogP contribution in [0.2, 0.25) is 0 Å². The number of carbonyl (C=O) groups excluding carboxylic acids is 1. The Kier molecular flexibility index (Phi) is 5.67. The monoisotopic (exact) mass is 459 g/mol. The van der Waals surface area contributed by atoms with E-state index in [0.29, 0.717) is 29.1 Å². The van der Waals surface area contributed by atoms with Gasteiger partial charge in [-0.25, -0.2) is 4.98 Å². The number of rotatable bonds is 8. The highest BCUT2D eigenvalue weighted by atomic mass is 16.5. The lowest BCUT2D eigenvalue weighted by Gasteiger charge is -2.07. The van der Waals surface area contributed by atoms with Crippen molar-refractivity contribution in [3.8, 4) is 11.5 Å². The molecule has 0 bridgehead atoms. The Balaban J connectivity index is 1.26. The summed E-state index contributed by atoms with van der Waals surface area (Å²) in [5, 5.41) is 4.87. The first-order chi connectivity index (χ1) is 16.6. The molecule has 9 heteroatoms. The molecule has 0 aliphatic heterocycles. The number of H-pyrrole nitrogens is 2. The van der Waals surface area contributed by atoms with Gasteiger partial charge >= 0.3 is 0 Å². The van der Waals surface area contributed by atoms with E-state index in [0.717, 1.165) is 33.8 Å². The molecule has 0 aliphatic rings. The standard InChI is InChI=1S/C25H25N5O4/c1-33-20-11-17-19(12-21(20)34-2)29-24-23(17)28-14-30(25(24)32)10-8-22(31)26-9-7-15-13-27-18-6-4-3-5-16(15)18/h3-6,11-14,27,29H,7-10H2,1-2H3,(H,26,31). The molecule has 174 valence electrons. The third-order valence-corrected chi connectivity index (χ3v) is 6.05. The van der Waals surface area contributed by atoms with Crippen LogP contribution < -0.4 is 20.3 Å². The zero-order chi connectivity index (χ0) is 23.7. The summed E-state index contributed by atoms with van der Waals surface area (Å²) in [7, 11) is 3.12. The number of benzene rings is 2. The van der Waals surface area contributed by atoms with Crippen LogP contribution in [0, 0.1) is 0 Å². The predicted octanol–water partition coefficient (Wildman–Crippen LogP) is 3.13. The quantitative estimate of drug-likeness (QED) is 0.330. The fourth-order valence-electron chi connectivity index (χ4n) is 4.26. The van der Waals surface area contributed by atoms with Gasteiger partial charge in [-0.05, 0) is 24.1 Å². The van der Waals surface area contributed by atoms with E-state index in [1.165, 1.54) is 10.9 Å². The molecule has 3 N–H and O–H groups in total. The molecule has 0 spiro atoms. The van der Waals surface area contributed by atoms with Crippen molar-refractivity contribution in [1.29, 1.82) is 0 Å². The summed E-state index contributed by atoms with van der Waals surface area (Å²) in [6.45, 7) is 0.765. The number of amides is 1. The van der Waals surface area contributed by atoms with Crippen molar-refractivity contribution < 1.29 is 14.3 Å². The lowest BCUT2D eigenvalue weighted by Crippen LogP contribution is -2.29. The van der Waals surface area contributed by atoms with Crippen LogP contribution in [0.1, 0.15) is 12.0 Å². The van der Waals surface area contributed by atoms with Crippen LogP contribution >= 0.6 is 0 Å². The molecule has 3 aromatic heterocycles. The van der Waals surface area contributed by atoms with Crippen molar-refractivity contribution in [1.82, 2.24) is 24.8 Å². The Morgan fingerprint density at radius 3 is 2.71 bits per heavy atom. The van der Waals surface area contributed by atoms with Crippen LogP contribution in [0.15, 0.2) is 53.7 Å². The molecule has 3 heterocycles. The number of aromatic amines is 2. The molecular formula is C25H25N5O4. The van der Waals surface area contributed by atoms with Gasteiger partial charge in [0.2, 0.25) is 5.91 Å². The number of nitrogens with zero attached hydrogens (tertiary/aromatic N) is 2. The molecule has 9 nitrogen and oxygen atoms in total. The SMILES string of the molecule is COc1cc2[nH]c3c(=O)n(CCC(=O)NCCc4c[nH]c5ccccc45)cnc3c2cc1OC. The van der Waals surface area contributed by atoms with E-state index in [1.807, 2.05) is 24.4 Å². The lowest BCUT2D eigenvalue weighted by atomic mass is 10.1. The number of nitrogens with one attached hydrogen (secondary N) is 3. The van der Waals surface area contributed by atoms with Crippen molar-refractivity contribution >= 4 is 38.7 Å². The number of aromatic nitrogens is 4. The fraction of sp³-hybridized carbons (Fsp3) is 0.240. The third-order valence-electron chi connectivity index (χ3n) is 6.05.